The molecule has 130 valence electrons. The van der Waals surface area contributed by atoms with Crippen LogP contribution in [0.1, 0.15) is 6.42 Å². The summed E-state index contributed by atoms with van der Waals surface area (Å²) in [4.78, 5) is 0. The molecule has 1 aromatic heterocycles. The van der Waals surface area contributed by atoms with Crippen molar-refractivity contribution in [2.24, 2.45) is 7.05 Å². The average Bonchev–Trinajstić information content (AvgIpc) is 3.28. The van der Waals surface area contributed by atoms with Gasteiger partial charge in [0.15, 0.2) is 0 Å². The molecule has 0 bridgehead atoms. The first-order valence-electron chi connectivity index (χ1n) is 7.69. The summed E-state index contributed by atoms with van der Waals surface area (Å²) >= 11 is 3.54. The summed E-state index contributed by atoms with van der Waals surface area (Å²) in [6, 6.07) is 17.4. The fourth-order valence-corrected chi connectivity index (χ4v) is 3.64. The summed E-state index contributed by atoms with van der Waals surface area (Å²) in [6.45, 7) is 0. The number of benzene rings is 2. The van der Waals surface area contributed by atoms with Crippen molar-refractivity contribution < 1.29 is 51.0 Å². The van der Waals surface area contributed by atoms with Gasteiger partial charge in [0, 0.05) is 18.1 Å². The zero-order valence-corrected chi connectivity index (χ0v) is 19.7. The molecule has 1 heterocycles. The van der Waals surface area contributed by atoms with Crippen LogP contribution >= 0.6 is 15.9 Å². The molecule has 1 nitrogen and oxygen atoms in total. The van der Waals surface area contributed by atoms with Gasteiger partial charge in [0.2, 0.25) is 0 Å². The van der Waals surface area contributed by atoms with Crippen LogP contribution in [-0.2, 0) is 33.3 Å². The quantitative estimate of drug-likeness (QED) is 0.291. The molecule has 0 saturated heterocycles. The minimum absolute atomic E-state index is 0. The van der Waals surface area contributed by atoms with Crippen molar-refractivity contribution in [2.75, 3.05) is 0 Å². The van der Waals surface area contributed by atoms with Crippen LogP contribution in [0.25, 0.3) is 32.9 Å². The molecule has 0 fully saturated rings. The second-order valence-electron chi connectivity index (χ2n) is 5.72. The third-order valence-corrected chi connectivity index (χ3v) is 4.79. The van der Waals surface area contributed by atoms with Gasteiger partial charge in [-0.3, -0.25) is 6.08 Å². The van der Waals surface area contributed by atoms with E-state index in [1.807, 2.05) is 12.2 Å². The fourth-order valence-electron chi connectivity index (χ4n) is 3.26. The summed E-state index contributed by atoms with van der Waals surface area (Å²) in [5, 5.41) is 2.68. The molecule has 5 heteroatoms. The van der Waals surface area contributed by atoms with Crippen LogP contribution in [0, 0.1) is 6.08 Å². The Hall–Kier alpha value is -0.727. The van der Waals surface area contributed by atoms with Crippen molar-refractivity contribution in [3.63, 3.8) is 0 Å². The van der Waals surface area contributed by atoms with E-state index < -0.39 is 0 Å². The van der Waals surface area contributed by atoms with Crippen LogP contribution in [0.4, 0.5) is 0 Å². The largest absolute Gasteiger partial charge is 4.00 e. The maximum Gasteiger partial charge on any atom is 4.00 e. The van der Waals surface area contributed by atoms with E-state index in [0.29, 0.717) is 0 Å². The van der Waals surface area contributed by atoms with Crippen LogP contribution in [0.5, 0.6) is 0 Å². The molecule has 0 saturated carbocycles. The standard InChI is InChI=1S/C16H11BrN.C5H5.2ClH.Zr/c1-18-15-5-3-2-4-13(15)14-9-10-8-11(17)6-7-12(10)16(14)18;1-2-4-5-3-1;;;/h2-9H,1H3;1-3H,4H2;2*1H;/q2*-1;;;+4/p-2. The maximum atomic E-state index is 3.54. The normalized spacial score (nSPS) is 11.6. The minimum Gasteiger partial charge on any atom is -1.00 e. The second kappa shape index (κ2) is 9.99. The van der Waals surface area contributed by atoms with Crippen LogP contribution in [0.2, 0.25) is 0 Å². The van der Waals surface area contributed by atoms with Gasteiger partial charge in [-0.1, -0.05) is 44.2 Å². The molecule has 0 spiro atoms. The summed E-state index contributed by atoms with van der Waals surface area (Å²) in [5.74, 6) is 0. The zero-order chi connectivity index (χ0) is 15.8. The van der Waals surface area contributed by atoms with Crippen LogP contribution < -0.4 is 24.8 Å². The first-order valence-corrected chi connectivity index (χ1v) is 8.49. The van der Waals surface area contributed by atoms with Gasteiger partial charge in [-0.25, -0.2) is 12.2 Å². The molecule has 3 aliphatic carbocycles. The number of rotatable bonds is 0. The Morgan fingerprint density at radius 2 is 1.85 bits per heavy atom. The van der Waals surface area contributed by atoms with Gasteiger partial charge in [-0.05, 0) is 16.8 Å². The van der Waals surface area contributed by atoms with Gasteiger partial charge in [0.1, 0.15) is 0 Å². The predicted molar refractivity (Wildman–Crippen MR) is 102 cm³/mol. The number of halogens is 3. The van der Waals surface area contributed by atoms with E-state index in [1.54, 1.807) is 0 Å². The number of aryl methyl sites for hydroxylation is 1. The molecule has 2 aromatic rings. The first kappa shape index (κ1) is 23.3. The third-order valence-electron chi connectivity index (χ3n) is 4.30. The van der Waals surface area contributed by atoms with Crippen molar-refractivity contribution >= 4 is 37.7 Å². The molecule has 1 aromatic carbocycles. The minimum atomic E-state index is 0. The summed E-state index contributed by atoms with van der Waals surface area (Å²) in [6.07, 6.45) is 10.0. The Morgan fingerprint density at radius 3 is 2.50 bits per heavy atom. The van der Waals surface area contributed by atoms with E-state index in [-0.39, 0.29) is 51.0 Å². The average molecular weight is 524 g/mol. The van der Waals surface area contributed by atoms with Gasteiger partial charge in [0.25, 0.3) is 0 Å². The summed E-state index contributed by atoms with van der Waals surface area (Å²) in [5.41, 5.74) is 5.26. The SMILES string of the molecule is Cn1c2ccccc2c2cc3[cH-]c(Br)ccc-3c21.[C-]1=CC=CC1.[Cl-].[Cl-].[Zr+4]. The van der Waals surface area contributed by atoms with Crippen molar-refractivity contribution in [3.05, 3.63) is 77.3 Å². The van der Waals surface area contributed by atoms with E-state index in [2.05, 4.69) is 88.2 Å². The van der Waals surface area contributed by atoms with E-state index in [4.69, 9.17) is 0 Å². The van der Waals surface area contributed by atoms with E-state index in [0.717, 1.165) is 10.9 Å². The van der Waals surface area contributed by atoms with Gasteiger partial charge in [0.05, 0.1) is 0 Å². The zero-order valence-electron chi connectivity index (χ0n) is 14.1. The third kappa shape index (κ3) is 4.23. The molecule has 0 N–H and O–H groups in total. The van der Waals surface area contributed by atoms with Crippen molar-refractivity contribution in [3.8, 4) is 11.1 Å². The number of hydrogen-bond donors (Lipinski definition) is 0. The Bertz CT molecular complexity index is 1020. The monoisotopic (exact) mass is 521 g/mol. The molecular formula is C21H16BrCl2NZr. The van der Waals surface area contributed by atoms with Gasteiger partial charge < -0.3 is 29.4 Å². The van der Waals surface area contributed by atoms with Crippen LogP contribution in [0.15, 0.2) is 71.2 Å². The molecular weight excluding hydrogens is 508 g/mol. The van der Waals surface area contributed by atoms with Gasteiger partial charge >= 0.3 is 26.2 Å². The maximum absolute atomic E-state index is 3.54. The van der Waals surface area contributed by atoms with Crippen LogP contribution in [0.3, 0.4) is 0 Å². The van der Waals surface area contributed by atoms with Crippen molar-refractivity contribution in [1.82, 2.24) is 4.57 Å². The molecule has 26 heavy (non-hydrogen) atoms. The number of hydrogen-bond acceptors (Lipinski definition) is 0. The molecule has 0 atom stereocenters. The smallest absolute Gasteiger partial charge is 1.00 e. The summed E-state index contributed by atoms with van der Waals surface area (Å²) in [7, 11) is 2.14. The molecule has 5 rings (SSSR count). The number of aromatic nitrogens is 1. The van der Waals surface area contributed by atoms with E-state index in [9.17, 15) is 0 Å². The molecule has 0 unspecified atom stereocenters. The molecule has 3 aliphatic rings. The molecule has 0 radical (unpaired) electrons. The number of fused-ring (bicyclic) bond motifs is 5. The van der Waals surface area contributed by atoms with Gasteiger partial charge in [-0.2, -0.15) is 6.08 Å². The number of allylic oxidation sites excluding steroid dienone is 4. The number of nitrogens with zero attached hydrogens (tertiary/aromatic N) is 1. The predicted octanol–water partition coefficient (Wildman–Crippen LogP) is 0.229. The second-order valence-corrected chi connectivity index (χ2v) is 6.63. The summed E-state index contributed by atoms with van der Waals surface area (Å²) < 4.78 is 3.43. The Kier molecular flexibility index (Phi) is 8.96. The molecule has 0 aliphatic heterocycles. The molecule has 0 amide bonds. The van der Waals surface area contributed by atoms with E-state index in [1.165, 1.54) is 32.9 Å². The van der Waals surface area contributed by atoms with E-state index >= 15 is 0 Å². The van der Waals surface area contributed by atoms with Gasteiger partial charge in [-0.15, -0.1) is 36.2 Å². The van der Waals surface area contributed by atoms with Crippen LogP contribution in [-0.4, -0.2) is 4.57 Å². The fraction of sp³-hybridized carbons (Fsp3) is 0.0952. The Labute approximate surface area is 193 Å². The number of para-hydroxylation sites is 1. The van der Waals surface area contributed by atoms with Crippen molar-refractivity contribution in [1.29, 1.82) is 0 Å². The Morgan fingerprint density at radius 1 is 1.08 bits per heavy atom. The first-order chi connectivity index (χ1) is 11.3. The topological polar surface area (TPSA) is 4.93 Å². The van der Waals surface area contributed by atoms with Crippen molar-refractivity contribution in [2.45, 2.75) is 6.42 Å². The Balaban J connectivity index is 0.000000372.